The fraction of sp³-hybridized carbons (Fsp3) is 0.562. The number of carbonyl (C=O) groups is 1. The van der Waals surface area contributed by atoms with Crippen molar-refractivity contribution < 1.29 is 19.4 Å². The Kier molecular flexibility index (Phi) is 4.65. The molecule has 0 amide bonds. The van der Waals surface area contributed by atoms with E-state index in [1.54, 1.807) is 18.4 Å². The Labute approximate surface area is 144 Å². The molecule has 0 aromatic carbocycles. The largest absolute Gasteiger partial charge is 0.366 e. The van der Waals surface area contributed by atoms with E-state index >= 15 is 0 Å². The smallest absolute Gasteiger partial charge is 0.160 e. The fourth-order valence-corrected chi connectivity index (χ4v) is 3.55. The summed E-state index contributed by atoms with van der Waals surface area (Å²) in [7, 11) is 0. The fourth-order valence-electron chi connectivity index (χ4n) is 3.03. The lowest BCUT2D eigenvalue weighted by atomic mass is 9.97. The molecule has 0 saturated carbocycles. The molecule has 4 atom stereocenters. The van der Waals surface area contributed by atoms with Crippen molar-refractivity contribution in [1.29, 1.82) is 0 Å². The topological polar surface area (TPSA) is 86.0 Å². The van der Waals surface area contributed by atoms with Crippen molar-refractivity contribution >= 4 is 23.6 Å². The SMILES string of the molecule is CSc1ncnn2c([C@@H]3O[C@H](C=O)[C@@H](C)[C@H]3OC(C)(C)O)ccc12. The van der Waals surface area contributed by atoms with Crippen LogP contribution < -0.4 is 0 Å². The van der Waals surface area contributed by atoms with Gasteiger partial charge in [0.25, 0.3) is 0 Å². The monoisotopic (exact) mass is 351 g/mol. The zero-order valence-corrected chi connectivity index (χ0v) is 14.9. The van der Waals surface area contributed by atoms with Crippen LogP contribution in [0.4, 0.5) is 0 Å². The molecule has 0 spiro atoms. The van der Waals surface area contributed by atoms with Gasteiger partial charge in [-0.1, -0.05) is 6.92 Å². The van der Waals surface area contributed by atoms with Crippen LogP contribution in [0.3, 0.4) is 0 Å². The molecule has 3 rings (SSSR count). The van der Waals surface area contributed by atoms with E-state index in [0.717, 1.165) is 22.5 Å². The molecular formula is C16H21N3O4S. The molecule has 1 N–H and O–H groups in total. The van der Waals surface area contributed by atoms with E-state index in [4.69, 9.17) is 9.47 Å². The number of rotatable bonds is 5. The van der Waals surface area contributed by atoms with Crippen LogP contribution in [0.15, 0.2) is 23.5 Å². The van der Waals surface area contributed by atoms with Crippen molar-refractivity contribution in [1.82, 2.24) is 14.6 Å². The highest BCUT2D eigenvalue weighted by Gasteiger charge is 2.46. The molecule has 24 heavy (non-hydrogen) atoms. The van der Waals surface area contributed by atoms with Gasteiger partial charge in [-0.2, -0.15) is 5.10 Å². The molecule has 1 saturated heterocycles. The van der Waals surface area contributed by atoms with Gasteiger partial charge in [-0.15, -0.1) is 11.8 Å². The lowest BCUT2D eigenvalue weighted by molar-refractivity contribution is -0.221. The quantitative estimate of drug-likeness (QED) is 0.500. The second kappa shape index (κ2) is 6.44. The average Bonchev–Trinajstić information content (AvgIpc) is 3.08. The molecule has 2 aromatic rings. The number of aldehydes is 1. The van der Waals surface area contributed by atoms with Gasteiger partial charge < -0.3 is 19.4 Å². The van der Waals surface area contributed by atoms with Crippen LogP contribution in [0.5, 0.6) is 0 Å². The van der Waals surface area contributed by atoms with E-state index in [9.17, 15) is 9.90 Å². The Hall–Kier alpha value is -1.48. The maximum atomic E-state index is 11.3. The van der Waals surface area contributed by atoms with Crippen LogP contribution in [-0.4, -0.2) is 50.2 Å². The first-order valence-electron chi connectivity index (χ1n) is 7.73. The first-order valence-corrected chi connectivity index (χ1v) is 8.95. The van der Waals surface area contributed by atoms with Gasteiger partial charge in [0.15, 0.2) is 5.79 Å². The Morgan fingerprint density at radius 2 is 2.21 bits per heavy atom. The minimum atomic E-state index is -1.33. The minimum absolute atomic E-state index is 0.189. The highest BCUT2D eigenvalue weighted by Crippen LogP contribution is 2.40. The summed E-state index contributed by atoms with van der Waals surface area (Å²) in [4.78, 5) is 15.6. The first-order chi connectivity index (χ1) is 11.4. The maximum Gasteiger partial charge on any atom is 0.160 e. The molecule has 2 aromatic heterocycles. The van der Waals surface area contributed by atoms with E-state index in [2.05, 4.69) is 10.1 Å². The highest BCUT2D eigenvalue weighted by molar-refractivity contribution is 7.98. The van der Waals surface area contributed by atoms with Crippen molar-refractivity contribution in [3.8, 4) is 0 Å². The van der Waals surface area contributed by atoms with E-state index < -0.39 is 24.1 Å². The van der Waals surface area contributed by atoms with Crippen LogP contribution >= 0.6 is 11.8 Å². The van der Waals surface area contributed by atoms with Crippen LogP contribution in [0.25, 0.3) is 5.52 Å². The van der Waals surface area contributed by atoms with Crippen LogP contribution in [-0.2, 0) is 14.3 Å². The lowest BCUT2D eigenvalue weighted by Crippen LogP contribution is -2.36. The van der Waals surface area contributed by atoms with Gasteiger partial charge in [-0.3, -0.25) is 0 Å². The predicted molar refractivity (Wildman–Crippen MR) is 88.8 cm³/mol. The third-order valence-electron chi connectivity index (χ3n) is 4.13. The maximum absolute atomic E-state index is 11.3. The zero-order valence-electron chi connectivity index (χ0n) is 14.0. The van der Waals surface area contributed by atoms with Gasteiger partial charge in [0.05, 0.1) is 17.3 Å². The van der Waals surface area contributed by atoms with E-state index in [-0.39, 0.29) is 5.92 Å². The number of fused-ring (bicyclic) bond motifs is 1. The molecule has 0 aliphatic carbocycles. The molecule has 1 aliphatic heterocycles. The minimum Gasteiger partial charge on any atom is -0.366 e. The third-order valence-corrected chi connectivity index (χ3v) is 4.83. The van der Waals surface area contributed by atoms with Crippen LogP contribution in [0.2, 0.25) is 0 Å². The zero-order chi connectivity index (χ0) is 17.5. The van der Waals surface area contributed by atoms with Gasteiger partial charge >= 0.3 is 0 Å². The second-order valence-electron chi connectivity index (χ2n) is 6.37. The van der Waals surface area contributed by atoms with Crippen molar-refractivity contribution in [2.45, 2.75) is 49.9 Å². The number of hydrogen-bond acceptors (Lipinski definition) is 7. The van der Waals surface area contributed by atoms with E-state index in [1.807, 2.05) is 25.3 Å². The summed E-state index contributed by atoms with van der Waals surface area (Å²) >= 11 is 1.53. The summed E-state index contributed by atoms with van der Waals surface area (Å²) in [5, 5.41) is 15.2. The number of thioether (sulfide) groups is 1. The highest BCUT2D eigenvalue weighted by atomic mass is 32.2. The normalized spacial score (nSPS) is 27.7. The lowest BCUT2D eigenvalue weighted by Gasteiger charge is -2.28. The summed E-state index contributed by atoms with van der Waals surface area (Å²) in [5.41, 5.74) is 1.64. The predicted octanol–water partition coefficient (Wildman–Crippen LogP) is 1.84. The average molecular weight is 351 g/mol. The van der Waals surface area contributed by atoms with Crippen molar-refractivity contribution in [3.05, 3.63) is 24.2 Å². The van der Waals surface area contributed by atoms with E-state index in [0.29, 0.717) is 0 Å². The molecule has 3 heterocycles. The van der Waals surface area contributed by atoms with Gasteiger partial charge in [-0.05, 0) is 32.2 Å². The Morgan fingerprint density at radius 1 is 1.46 bits per heavy atom. The number of ether oxygens (including phenoxy) is 2. The van der Waals surface area contributed by atoms with Gasteiger partial charge in [0, 0.05) is 5.92 Å². The summed E-state index contributed by atoms with van der Waals surface area (Å²) in [5.74, 6) is -1.52. The summed E-state index contributed by atoms with van der Waals surface area (Å²) in [6.07, 6.45) is 2.66. The third kappa shape index (κ3) is 3.06. The first kappa shape index (κ1) is 17.3. The molecule has 0 unspecified atom stereocenters. The van der Waals surface area contributed by atoms with Gasteiger partial charge in [0.2, 0.25) is 0 Å². The Balaban J connectivity index is 2.04. The second-order valence-corrected chi connectivity index (χ2v) is 7.17. The van der Waals surface area contributed by atoms with Gasteiger partial charge in [-0.25, -0.2) is 9.50 Å². The van der Waals surface area contributed by atoms with E-state index in [1.165, 1.54) is 18.1 Å². The molecule has 1 fully saturated rings. The Bertz CT molecular complexity index is 742. The molecule has 0 radical (unpaired) electrons. The molecule has 1 aliphatic rings. The van der Waals surface area contributed by atoms with Crippen molar-refractivity contribution in [2.75, 3.05) is 6.26 Å². The Morgan fingerprint density at radius 3 is 2.83 bits per heavy atom. The number of aliphatic hydroxyl groups is 1. The molecular weight excluding hydrogens is 330 g/mol. The molecule has 0 bridgehead atoms. The number of carbonyl (C=O) groups excluding carboxylic acids is 1. The summed E-state index contributed by atoms with van der Waals surface area (Å²) in [6.45, 7) is 5.01. The molecule has 7 nitrogen and oxygen atoms in total. The molecule has 130 valence electrons. The summed E-state index contributed by atoms with van der Waals surface area (Å²) < 4.78 is 13.5. The van der Waals surface area contributed by atoms with Gasteiger partial charge in [0.1, 0.15) is 29.8 Å². The number of hydrogen-bond donors (Lipinski definition) is 1. The van der Waals surface area contributed by atoms with Crippen molar-refractivity contribution in [3.63, 3.8) is 0 Å². The number of nitrogens with zero attached hydrogens (tertiary/aromatic N) is 3. The standard InChI is InChI=1S/C16H21N3O4S/c1-9-12(7-20)22-14(13(9)23-16(2,3)21)10-5-6-11-15(24-4)17-8-18-19(10)11/h5-9,12-14,21H,1-4H3/t9-,12-,13-,14+/m1/s1. The van der Waals surface area contributed by atoms with Crippen LogP contribution in [0, 0.1) is 5.92 Å². The van der Waals surface area contributed by atoms with Crippen molar-refractivity contribution in [2.24, 2.45) is 5.92 Å². The molecule has 8 heteroatoms. The number of aromatic nitrogens is 3. The van der Waals surface area contributed by atoms with Crippen LogP contribution in [0.1, 0.15) is 32.6 Å². The summed E-state index contributed by atoms with van der Waals surface area (Å²) in [6, 6.07) is 3.82.